The fraction of sp³-hybridized carbons (Fsp3) is 0.636. The molecule has 2 aliphatic carbocycles. The number of benzene rings is 1. The van der Waals surface area contributed by atoms with Crippen LogP contribution in [-0.4, -0.2) is 12.1 Å². The summed E-state index contributed by atoms with van der Waals surface area (Å²) in [5.41, 5.74) is 3.43. The van der Waals surface area contributed by atoms with Crippen molar-refractivity contribution in [3.63, 3.8) is 0 Å². The van der Waals surface area contributed by atoms with Gasteiger partial charge in [-0.05, 0) is 74.1 Å². The number of nitrogens with zero attached hydrogens (tertiary/aromatic N) is 1. The zero-order valence-corrected chi connectivity index (χ0v) is 15.3. The van der Waals surface area contributed by atoms with Crippen molar-refractivity contribution >= 4 is 5.97 Å². The van der Waals surface area contributed by atoms with E-state index in [2.05, 4.69) is 25.1 Å². The molecule has 1 fully saturated rings. The number of aryl methyl sites for hydroxylation is 1. The molecule has 1 aromatic rings. The topological polar surface area (TPSA) is 50.1 Å². The first-order valence-electron chi connectivity index (χ1n) is 9.92. The van der Waals surface area contributed by atoms with Gasteiger partial charge in [-0.3, -0.25) is 0 Å². The lowest BCUT2D eigenvalue weighted by Crippen LogP contribution is -2.24. The Kier molecular flexibility index (Phi) is 6.13. The summed E-state index contributed by atoms with van der Waals surface area (Å²) in [6.07, 6.45) is 10.7. The molecule has 3 heteroatoms. The summed E-state index contributed by atoms with van der Waals surface area (Å²) in [4.78, 5) is 12.5. The molecule has 25 heavy (non-hydrogen) atoms. The monoisotopic (exact) mass is 339 g/mol. The Bertz CT molecular complexity index is 638. The van der Waals surface area contributed by atoms with E-state index in [1.165, 1.54) is 36.8 Å². The van der Waals surface area contributed by atoms with Crippen LogP contribution >= 0.6 is 0 Å². The van der Waals surface area contributed by atoms with Crippen molar-refractivity contribution < 1.29 is 9.53 Å². The van der Waals surface area contributed by atoms with Crippen LogP contribution in [0.4, 0.5) is 0 Å². The van der Waals surface area contributed by atoms with Gasteiger partial charge in [0.15, 0.2) is 0 Å². The third-order valence-electron chi connectivity index (χ3n) is 5.87. The molecular formula is C22H29NO2. The lowest BCUT2D eigenvalue weighted by atomic mass is 9.81. The normalized spacial score (nSPS) is 25.7. The molecule has 0 heterocycles. The van der Waals surface area contributed by atoms with Crippen molar-refractivity contribution in [2.24, 2.45) is 11.8 Å². The van der Waals surface area contributed by atoms with E-state index < -0.39 is 0 Å². The highest BCUT2D eigenvalue weighted by Gasteiger charge is 2.25. The summed E-state index contributed by atoms with van der Waals surface area (Å²) < 4.78 is 5.69. The first-order chi connectivity index (χ1) is 12.2. The van der Waals surface area contributed by atoms with Crippen molar-refractivity contribution in [1.82, 2.24) is 0 Å². The van der Waals surface area contributed by atoms with Crippen molar-refractivity contribution in [2.45, 2.75) is 77.2 Å². The number of hydrogen-bond donors (Lipinski definition) is 0. The molecule has 1 unspecified atom stereocenters. The molecule has 0 spiro atoms. The van der Waals surface area contributed by atoms with Crippen molar-refractivity contribution in [2.75, 3.05) is 0 Å². The Morgan fingerprint density at radius 3 is 2.72 bits per heavy atom. The molecule has 0 aromatic heterocycles. The predicted molar refractivity (Wildman–Crippen MR) is 98.3 cm³/mol. The molecule has 3 rings (SSSR count). The Morgan fingerprint density at radius 2 is 2.00 bits per heavy atom. The number of esters is 1. The largest absolute Gasteiger partial charge is 0.459 e. The Balaban J connectivity index is 1.57. The molecule has 0 amide bonds. The van der Waals surface area contributed by atoms with Crippen LogP contribution < -0.4 is 0 Å². The highest BCUT2D eigenvalue weighted by atomic mass is 16.5. The molecule has 0 N–H and O–H groups in total. The number of fused-ring (bicyclic) bond motifs is 1. The van der Waals surface area contributed by atoms with Gasteiger partial charge >= 0.3 is 5.97 Å². The number of carbonyl (C=O) groups excluding carboxylic acids is 1. The minimum atomic E-state index is -0.198. The molecule has 0 bridgehead atoms. The van der Waals surface area contributed by atoms with Gasteiger partial charge in [0.2, 0.25) is 0 Å². The van der Waals surface area contributed by atoms with Gasteiger partial charge < -0.3 is 4.74 Å². The zero-order valence-electron chi connectivity index (χ0n) is 15.3. The van der Waals surface area contributed by atoms with Crippen LogP contribution in [0.15, 0.2) is 18.2 Å². The van der Waals surface area contributed by atoms with E-state index in [1.54, 1.807) is 0 Å². The molecule has 3 nitrogen and oxygen atoms in total. The Morgan fingerprint density at radius 1 is 1.20 bits per heavy atom. The second-order valence-electron chi connectivity index (χ2n) is 7.74. The minimum Gasteiger partial charge on any atom is -0.459 e. The van der Waals surface area contributed by atoms with Crippen LogP contribution in [0, 0.1) is 23.2 Å². The summed E-state index contributed by atoms with van der Waals surface area (Å²) in [5, 5.41) is 8.96. The number of nitriles is 1. The van der Waals surface area contributed by atoms with Crippen LogP contribution in [0.2, 0.25) is 0 Å². The van der Waals surface area contributed by atoms with Crippen molar-refractivity contribution in [3.05, 3.63) is 34.9 Å². The number of carbonyl (C=O) groups is 1. The molecule has 1 saturated carbocycles. The maximum absolute atomic E-state index is 12.5. The molecule has 0 saturated heterocycles. The number of ether oxygens (including phenoxy) is 1. The number of unbranched alkanes of at least 4 members (excludes halogenated alkanes) is 1. The standard InChI is InChI=1S/C22H29NO2/c1-2-3-4-16-5-8-19-14-20(10-9-18(19)13-16)22(24)25-21-11-6-17(15-23)7-12-21/h9-10,14,16-17,21H,2-8,11-13H2,1H3/t16?,17-,21-. The van der Waals surface area contributed by atoms with E-state index >= 15 is 0 Å². The molecule has 0 radical (unpaired) electrons. The summed E-state index contributed by atoms with van der Waals surface area (Å²) in [6.45, 7) is 2.25. The molecule has 0 aliphatic heterocycles. The third-order valence-corrected chi connectivity index (χ3v) is 5.87. The van der Waals surface area contributed by atoms with E-state index in [9.17, 15) is 4.79 Å². The van der Waals surface area contributed by atoms with Crippen LogP contribution in [-0.2, 0) is 17.6 Å². The van der Waals surface area contributed by atoms with Gasteiger partial charge in [-0.1, -0.05) is 32.3 Å². The van der Waals surface area contributed by atoms with E-state index in [0.717, 1.165) is 44.4 Å². The van der Waals surface area contributed by atoms with Gasteiger partial charge in [0.25, 0.3) is 0 Å². The smallest absolute Gasteiger partial charge is 0.338 e. The molecule has 134 valence electrons. The third kappa shape index (κ3) is 4.63. The zero-order chi connectivity index (χ0) is 17.6. The maximum atomic E-state index is 12.5. The van der Waals surface area contributed by atoms with Crippen LogP contribution in [0.1, 0.15) is 79.8 Å². The lowest BCUT2D eigenvalue weighted by Gasteiger charge is -2.26. The molecular weight excluding hydrogens is 310 g/mol. The van der Waals surface area contributed by atoms with E-state index in [4.69, 9.17) is 10.00 Å². The van der Waals surface area contributed by atoms with Crippen LogP contribution in [0.5, 0.6) is 0 Å². The van der Waals surface area contributed by atoms with E-state index in [0.29, 0.717) is 5.56 Å². The van der Waals surface area contributed by atoms with E-state index in [1.807, 2.05) is 6.07 Å². The Labute approximate surface area is 151 Å². The van der Waals surface area contributed by atoms with Gasteiger partial charge in [0.1, 0.15) is 6.10 Å². The highest BCUT2D eigenvalue weighted by Crippen LogP contribution is 2.30. The highest BCUT2D eigenvalue weighted by molar-refractivity contribution is 5.89. The lowest BCUT2D eigenvalue weighted by molar-refractivity contribution is 0.0187. The minimum absolute atomic E-state index is 0.0217. The van der Waals surface area contributed by atoms with Crippen molar-refractivity contribution in [3.8, 4) is 6.07 Å². The fourth-order valence-electron chi connectivity index (χ4n) is 4.23. The number of hydrogen-bond acceptors (Lipinski definition) is 3. The van der Waals surface area contributed by atoms with Gasteiger partial charge in [-0.15, -0.1) is 0 Å². The first-order valence-corrected chi connectivity index (χ1v) is 9.92. The quantitative estimate of drug-likeness (QED) is 0.691. The Hall–Kier alpha value is -1.82. The van der Waals surface area contributed by atoms with Gasteiger partial charge in [-0.2, -0.15) is 5.26 Å². The first kappa shape index (κ1) is 18.0. The average molecular weight is 339 g/mol. The average Bonchev–Trinajstić information content (AvgIpc) is 2.66. The number of rotatable bonds is 5. The van der Waals surface area contributed by atoms with Gasteiger partial charge in [-0.25, -0.2) is 4.79 Å². The fourth-order valence-corrected chi connectivity index (χ4v) is 4.23. The molecule has 1 atom stereocenters. The van der Waals surface area contributed by atoms with E-state index in [-0.39, 0.29) is 18.0 Å². The maximum Gasteiger partial charge on any atom is 0.338 e. The summed E-state index contributed by atoms with van der Waals surface area (Å²) in [6, 6.07) is 8.44. The summed E-state index contributed by atoms with van der Waals surface area (Å²) in [7, 11) is 0. The summed E-state index contributed by atoms with van der Waals surface area (Å²) in [5.74, 6) is 0.747. The van der Waals surface area contributed by atoms with Crippen molar-refractivity contribution in [1.29, 1.82) is 5.26 Å². The van der Waals surface area contributed by atoms with Gasteiger partial charge in [0, 0.05) is 5.92 Å². The predicted octanol–water partition coefficient (Wildman–Crippen LogP) is 5.22. The second kappa shape index (κ2) is 8.52. The molecule has 1 aromatic carbocycles. The second-order valence-corrected chi connectivity index (χ2v) is 7.74. The van der Waals surface area contributed by atoms with Gasteiger partial charge in [0.05, 0.1) is 11.6 Å². The van der Waals surface area contributed by atoms with Crippen LogP contribution in [0.25, 0.3) is 0 Å². The SMILES string of the molecule is CCCCC1CCc2cc(C(=O)O[C@H]3CC[C@H](C#N)CC3)ccc2C1. The van der Waals surface area contributed by atoms with Crippen LogP contribution in [0.3, 0.4) is 0 Å². The summed E-state index contributed by atoms with van der Waals surface area (Å²) >= 11 is 0. The molecule has 2 aliphatic rings.